The Hall–Kier alpha value is -3.06. The maximum atomic E-state index is 12.4. The van der Waals surface area contributed by atoms with Gasteiger partial charge in [0.25, 0.3) is 0 Å². The lowest BCUT2D eigenvalue weighted by molar-refractivity contribution is -0.140. The Morgan fingerprint density at radius 3 is 2.73 bits per heavy atom. The van der Waals surface area contributed by atoms with Gasteiger partial charge < -0.3 is 14.3 Å². The molecule has 0 unspecified atom stereocenters. The highest BCUT2D eigenvalue weighted by Crippen LogP contribution is 2.34. The monoisotopic (exact) mass is 425 g/mol. The molecule has 0 bridgehead atoms. The Kier molecular flexibility index (Phi) is 6.95. The van der Waals surface area contributed by atoms with Crippen LogP contribution in [0.2, 0.25) is 0 Å². The normalized spacial score (nSPS) is 11.8. The van der Waals surface area contributed by atoms with Crippen molar-refractivity contribution in [3.63, 3.8) is 0 Å². The largest absolute Gasteiger partial charge is 0.502 e. The average Bonchev–Trinajstić information content (AvgIpc) is 2.74. The minimum absolute atomic E-state index is 0.0390. The first-order valence-electron chi connectivity index (χ1n) is 9.41. The summed E-state index contributed by atoms with van der Waals surface area (Å²) in [6.07, 6.45) is 3.09. The number of aromatic hydroxyl groups is 1. The number of thioether (sulfide) groups is 1. The summed E-state index contributed by atoms with van der Waals surface area (Å²) in [5.74, 6) is -0.822. The number of hydrogen-bond donors (Lipinski definition) is 1. The third-order valence-corrected chi connectivity index (χ3v) is 5.90. The number of aromatic nitrogens is 1. The summed E-state index contributed by atoms with van der Waals surface area (Å²) in [6.45, 7) is 4.06. The van der Waals surface area contributed by atoms with Crippen LogP contribution in [0.25, 0.3) is 0 Å². The zero-order valence-corrected chi connectivity index (χ0v) is 17.9. The Balaban J connectivity index is 1.95. The summed E-state index contributed by atoms with van der Waals surface area (Å²) in [5.41, 5.74) is 2.41. The van der Waals surface area contributed by atoms with Gasteiger partial charge in [-0.05, 0) is 37.1 Å². The lowest BCUT2D eigenvalue weighted by Crippen LogP contribution is -2.14. The molecule has 7 heteroatoms. The van der Waals surface area contributed by atoms with E-state index in [0.717, 1.165) is 10.5 Å². The van der Waals surface area contributed by atoms with Crippen molar-refractivity contribution in [2.75, 3.05) is 7.11 Å². The second kappa shape index (κ2) is 9.63. The molecule has 1 N–H and O–H groups in total. The van der Waals surface area contributed by atoms with E-state index >= 15 is 0 Å². The quantitative estimate of drug-likeness (QED) is 0.445. The van der Waals surface area contributed by atoms with Crippen molar-refractivity contribution >= 4 is 17.7 Å². The van der Waals surface area contributed by atoms with E-state index in [-0.39, 0.29) is 12.2 Å². The number of hydrogen-bond acceptors (Lipinski definition) is 7. The fourth-order valence-electron chi connectivity index (χ4n) is 3.17. The molecule has 3 aromatic rings. The van der Waals surface area contributed by atoms with Crippen LogP contribution in [0.1, 0.15) is 40.5 Å². The Morgan fingerprint density at radius 2 is 2.07 bits per heavy atom. The molecule has 30 heavy (non-hydrogen) atoms. The van der Waals surface area contributed by atoms with Gasteiger partial charge in [0.05, 0.1) is 25.2 Å². The maximum Gasteiger partial charge on any atom is 0.306 e. The number of esters is 1. The van der Waals surface area contributed by atoms with Crippen LogP contribution in [0.4, 0.5) is 0 Å². The lowest BCUT2D eigenvalue weighted by Gasteiger charge is -2.17. The molecule has 2 aromatic heterocycles. The maximum absolute atomic E-state index is 12.4. The standard InChI is InChI=1S/C23H23NO5S/c1-14-6-7-20(15(2)9-14)30-13-17-10-19(25)22(27)23(29-17)18(11-21(26)28-3)16-5-4-8-24-12-16/h4-10,12,18,27H,11,13H2,1-3H3/t18-/m0/s1. The number of benzene rings is 1. The smallest absolute Gasteiger partial charge is 0.306 e. The zero-order chi connectivity index (χ0) is 21.7. The molecular formula is C23H23NO5S. The summed E-state index contributed by atoms with van der Waals surface area (Å²) in [4.78, 5) is 29.6. The molecule has 0 aliphatic carbocycles. The van der Waals surface area contributed by atoms with Crippen molar-refractivity contribution in [3.05, 3.63) is 87.2 Å². The molecule has 0 saturated heterocycles. The van der Waals surface area contributed by atoms with Gasteiger partial charge in [-0.2, -0.15) is 0 Å². The van der Waals surface area contributed by atoms with E-state index in [2.05, 4.69) is 11.1 Å². The molecule has 2 heterocycles. The molecule has 0 amide bonds. The highest BCUT2D eigenvalue weighted by atomic mass is 32.2. The first-order chi connectivity index (χ1) is 14.4. The zero-order valence-electron chi connectivity index (χ0n) is 17.0. The second-order valence-electron chi connectivity index (χ2n) is 6.97. The van der Waals surface area contributed by atoms with Crippen molar-refractivity contribution < 1.29 is 19.1 Å². The molecule has 0 saturated carbocycles. The van der Waals surface area contributed by atoms with Gasteiger partial charge in [0.15, 0.2) is 5.76 Å². The highest BCUT2D eigenvalue weighted by molar-refractivity contribution is 7.98. The van der Waals surface area contributed by atoms with Crippen molar-refractivity contribution in [1.29, 1.82) is 0 Å². The van der Waals surface area contributed by atoms with Crippen molar-refractivity contribution in [2.24, 2.45) is 0 Å². The number of aryl methyl sites for hydroxylation is 2. The molecule has 6 nitrogen and oxygen atoms in total. The molecule has 1 atom stereocenters. The van der Waals surface area contributed by atoms with E-state index in [1.807, 2.05) is 26.0 Å². The summed E-state index contributed by atoms with van der Waals surface area (Å²) in [7, 11) is 1.29. The van der Waals surface area contributed by atoms with Crippen LogP contribution in [0.3, 0.4) is 0 Å². The van der Waals surface area contributed by atoms with Gasteiger partial charge in [0, 0.05) is 23.4 Å². The molecule has 0 aliphatic heterocycles. The number of pyridine rings is 1. The van der Waals surface area contributed by atoms with Gasteiger partial charge >= 0.3 is 5.97 Å². The van der Waals surface area contributed by atoms with Gasteiger partial charge in [0.1, 0.15) is 5.76 Å². The molecule has 0 spiro atoms. The molecular weight excluding hydrogens is 402 g/mol. The van der Waals surface area contributed by atoms with E-state index in [1.54, 1.807) is 24.5 Å². The van der Waals surface area contributed by atoms with Crippen LogP contribution in [0, 0.1) is 13.8 Å². The topological polar surface area (TPSA) is 89.6 Å². The van der Waals surface area contributed by atoms with Gasteiger partial charge in [0.2, 0.25) is 11.2 Å². The van der Waals surface area contributed by atoms with E-state index in [1.165, 1.54) is 30.5 Å². The van der Waals surface area contributed by atoms with E-state index < -0.39 is 23.1 Å². The minimum atomic E-state index is -0.690. The predicted octanol–water partition coefficient (Wildman–Crippen LogP) is 4.34. The Bertz CT molecular complexity index is 1090. The molecule has 156 valence electrons. The van der Waals surface area contributed by atoms with E-state index in [9.17, 15) is 14.7 Å². The number of methoxy groups -OCH3 is 1. The number of ether oxygens (including phenoxy) is 1. The number of carbonyl (C=O) groups is 1. The van der Waals surface area contributed by atoms with Crippen LogP contribution >= 0.6 is 11.8 Å². The van der Waals surface area contributed by atoms with Crippen molar-refractivity contribution in [2.45, 2.75) is 36.8 Å². The lowest BCUT2D eigenvalue weighted by atomic mass is 9.93. The molecule has 3 rings (SSSR count). The van der Waals surface area contributed by atoms with Gasteiger partial charge in [-0.25, -0.2) is 0 Å². The van der Waals surface area contributed by atoms with Crippen molar-refractivity contribution in [3.8, 4) is 5.75 Å². The van der Waals surface area contributed by atoms with Gasteiger partial charge in [-0.15, -0.1) is 11.8 Å². The predicted molar refractivity (Wildman–Crippen MR) is 115 cm³/mol. The van der Waals surface area contributed by atoms with Crippen molar-refractivity contribution in [1.82, 2.24) is 4.98 Å². The van der Waals surface area contributed by atoms with Crippen LogP contribution in [0.15, 0.2) is 62.9 Å². The molecule has 0 aliphatic rings. The number of carbonyl (C=O) groups excluding carboxylic acids is 1. The average molecular weight is 426 g/mol. The van der Waals surface area contributed by atoms with Crippen LogP contribution in [0.5, 0.6) is 5.75 Å². The number of rotatable bonds is 7. The number of nitrogens with zero attached hydrogens (tertiary/aromatic N) is 1. The third kappa shape index (κ3) is 5.10. The third-order valence-electron chi connectivity index (χ3n) is 4.70. The molecule has 0 radical (unpaired) electrons. The summed E-state index contributed by atoms with van der Waals surface area (Å²) < 4.78 is 10.7. The Labute approximate surface area is 178 Å². The molecule has 0 fully saturated rings. The van der Waals surface area contributed by atoms with E-state index in [0.29, 0.717) is 17.1 Å². The fraction of sp³-hybridized carbons (Fsp3) is 0.261. The summed E-state index contributed by atoms with van der Waals surface area (Å²) in [5, 5.41) is 10.4. The van der Waals surface area contributed by atoms with E-state index in [4.69, 9.17) is 9.15 Å². The first kappa shape index (κ1) is 21.6. The van der Waals surface area contributed by atoms with Crippen LogP contribution < -0.4 is 5.43 Å². The first-order valence-corrected chi connectivity index (χ1v) is 10.4. The highest BCUT2D eigenvalue weighted by Gasteiger charge is 2.26. The van der Waals surface area contributed by atoms with Crippen LogP contribution in [-0.4, -0.2) is 23.2 Å². The molecule has 1 aromatic carbocycles. The minimum Gasteiger partial charge on any atom is -0.502 e. The Morgan fingerprint density at radius 1 is 1.27 bits per heavy atom. The SMILES string of the molecule is COC(=O)C[C@@H](c1cccnc1)c1oc(CSc2ccc(C)cc2C)cc(=O)c1O. The summed E-state index contributed by atoms with van der Waals surface area (Å²) in [6, 6.07) is 10.9. The van der Waals surface area contributed by atoms with Gasteiger partial charge in [-0.1, -0.05) is 23.8 Å². The van der Waals surface area contributed by atoms with Gasteiger partial charge in [-0.3, -0.25) is 14.6 Å². The second-order valence-corrected chi connectivity index (χ2v) is 7.98. The summed E-state index contributed by atoms with van der Waals surface area (Å²) >= 11 is 1.54. The fourth-order valence-corrected chi connectivity index (χ4v) is 4.06. The van der Waals surface area contributed by atoms with Crippen LogP contribution in [-0.2, 0) is 15.3 Å².